The molecule has 9 nitrogen and oxygen atoms in total. The number of methoxy groups -OCH3 is 1. The number of pyridine rings is 1. The first-order valence-corrected chi connectivity index (χ1v) is 10.6. The Kier molecular flexibility index (Phi) is 5.43. The Morgan fingerprint density at radius 3 is 2.76 bits per heavy atom. The summed E-state index contributed by atoms with van der Waals surface area (Å²) in [6.45, 7) is 1.83. The molecule has 1 aliphatic rings. The lowest BCUT2D eigenvalue weighted by atomic mass is 9.94. The van der Waals surface area contributed by atoms with Gasteiger partial charge in [0.05, 0.1) is 24.6 Å². The van der Waals surface area contributed by atoms with Crippen molar-refractivity contribution in [2.75, 3.05) is 17.7 Å². The molecule has 0 saturated carbocycles. The van der Waals surface area contributed by atoms with Crippen LogP contribution in [0.4, 0.5) is 11.6 Å². The molecule has 3 heterocycles. The molecule has 4 aromatic rings. The first-order valence-electron chi connectivity index (χ1n) is 10.6. The highest BCUT2D eigenvalue weighted by Crippen LogP contribution is 2.40. The van der Waals surface area contributed by atoms with Crippen LogP contribution in [0.25, 0.3) is 11.4 Å². The molecule has 0 saturated heterocycles. The molecule has 170 valence electrons. The molecular weight excluding hydrogens is 432 g/mol. The number of para-hydroxylation sites is 1. The lowest BCUT2D eigenvalue weighted by molar-refractivity contribution is -0.113. The minimum Gasteiger partial charge on any atom is -0.508 e. The fourth-order valence-electron chi connectivity index (χ4n) is 4.03. The molecular formula is C25H22N6O3. The third-order valence-corrected chi connectivity index (χ3v) is 5.55. The fraction of sp³-hybridized carbons (Fsp3) is 0.120. The van der Waals surface area contributed by atoms with E-state index in [9.17, 15) is 9.90 Å². The van der Waals surface area contributed by atoms with Crippen molar-refractivity contribution in [3.05, 3.63) is 89.9 Å². The van der Waals surface area contributed by atoms with Gasteiger partial charge in [0.2, 0.25) is 5.95 Å². The Labute approximate surface area is 195 Å². The first kappa shape index (κ1) is 21.2. The van der Waals surface area contributed by atoms with Gasteiger partial charge in [0.25, 0.3) is 5.91 Å². The van der Waals surface area contributed by atoms with E-state index < -0.39 is 6.04 Å². The van der Waals surface area contributed by atoms with Gasteiger partial charge >= 0.3 is 0 Å². The van der Waals surface area contributed by atoms with Crippen molar-refractivity contribution in [3.63, 3.8) is 0 Å². The van der Waals surface area contributed by atoms with Crippen LogP contribution >= 0.6 is 0 Å². The van der Waals surface area contributed by atoms with Crippen molar-refractivity contribution < 1.29 is 14.6 Å². The summed E-state index contributed by atoms with van der Waals surface area (Å²) in [6, 6.07) is 17.1. The Bertz CT molecular complexity index is 1400. The number of rotatable bonds is 5. The van der Waals surface area contributed by atoms with Gasteiger partial charge in [-0.2, -0.15) is 4.98 Å². The number of carbonyl (C=O) groups is 1. The molecule has 9 heteroatoms. The molecule has 2 aromatic heterocycles. The molecule has 1 unspecified atom stereocenters. The number of allylic oxidation sites excluding steroid dienone is 1. The van der Waals surface area contributed by atoms with Crippen molar-refractivity contribution in [2.24, 2.45) is 0 Å². The minimum absolute atomic E-state index is 0.116. The number of phenolic OH excluding ortho intramolecular Hbond substituents is 1. The zero-order valence-electron chi connectivity index (χ0n) is 18.6. The summed E-state index contributed by atoms with van der Waals surface area (Å²) in [5, 5.41) is 20.8. The maximum atomic E-state index is 13.5. The van der Waals surface area contributed by atoms with Crippen LogP contribution < -0.4 is 15.4 Å². The lowest BCUT2D eigenvalue weighted by Crippen LogP contribution is -2.31. The van der Waals surface area contributed by atoms with Crippen molar-refractivity contribution in [3.8, 4) is 22.9 Å². The zero-order valence-corrected chi connectivity index (χ0v) is 18.6. The van der Waals surface area contributed by atoms with E-state index in [-0.39, 0.29) is 11.7 Å². The van der Waals surface area contributed by atoms with Gasteiger partial charge in [-0.1, -0.05) is 30.3 Å². The van der Waals surface area contributed by atoms with Crippen LogP contribution in [-0.4, -0.2) is 37.9 Å². The zero-order chi connectivity index (χ0) is 23.7. The van der Waals surface area contributed by atoms with Gasteiger partial charge in [0.1, 0.15) is 17.5 Å². The Balaban J connectivity index is 1.64. The number of phenols is 1. The standard InChI is InChI=1S/C25H22N6O3/c1-15-21(24(33)28-17-8-6-12-26-14-17)22(19-10-3-4-11-20(19)34-2)31-25(27-15)29-23(30-31)16-7-5-9-18(32)13-16/h3-14,22,32H,1-2H3,(H,28,33)(H,27,29,30). The molecule has 0 bridgehead atoms. The minimum atomic E-state index is -0.609. The number of anilines is 2. The number of aromatic hydroxyl groups is 1. The van der Waals surface area contributed by atoms with E-state index in [1.165, 1.54) is 0 Å². The Morgan fingerprint density at radius 1 is 1.15 bits per heavy atom. The van der Waals surface area contributed by atoms with Gasteiger partial charge in [-0.15, -0.1) is 5.10 Å². The van der Waals surface area contributed by atoms with Crippen LogP contribution in [0.5, 0.6) is 11.5 Å². The lowest BCUT2D eigenvalue weighted by Gasteiger charge is -2.29. The maximum absolute atomic E-state index is 13.5. The summed E-state index contributed by atoms with van der Waals surface area (Å²) in [7, 11) is 1.59. The van der Waals surface area contributed by atoms with Gasteiger partial charge in [0, 0.05) is 23.0 Å². The summed E-state index contributed by atoms with van der Waals surface area (Å²) in [5.74, 6) is 1.33. The summed E-state index contributed by atoms with van der Waals surface area (Å²) in [6.07, 6.45) is 3.23. The topological polar surface area (TPSA) is 114 Å². The van der Waals surface area contributed by atoms with Gasteiger partial charge < -0.3 is 20.5 Å². The predicted octanol–water partition coefficient (Wildman–Crippen LogP) is 3.98. The number of ether oxygens (including phenoxy) is 1. The Morgan fingerprint density at radius 2 is 2.00 bits per heavy atom. The highest BCUT2D eigenvalue weighted by molar-refractivity contribution is 6.06. The smallest absolute Gasteiger partial charge is 0.255 e. The van der Waals surface area contributed by atoms with Gasteiger partial charge in [0.15, 0.2) is 5.82 Å². The monoisotopic (exact) mass is 454 g/mol. The highest BCUT2D eigenvalue weighted by atomic mass is 16.5. The van der Waals surface area contributed by atoms with E-state index in [2.05, 4.69) is 20.6 Å². The molecule has 1 amide bonds. The molecule has 1 atom stereocenters. The van der Waals surface area contributed by atoms with E-state index >= 15 is 0 Å². The SMILES string of the molecule is COc1ccccc1C1C(C(=O)Nc2cccnc2)=C(C)Nc2nc(-c3cccc(O)c3)nn21. The van der Waals surface area contributed by atoms with E-state index in [0.717, 1.165) is 5.56 Å². The third kappa shape index (κ3) is 3.83. The number of hydrogen-bond donors (Lipinski definition) is 3. The second-order valence-corrected chi connectivity index (χ2v) is 7.76. The van der Waals surface area contributed by atoms with Gasteiger partial charge in [-0.25, -0.2) is 4.68 Å². The van der Waals surface area contributed by atoms with Crippen LogP contribution in [-0.2, 0) is 4.79 Å². The second kappa shape index (κ2) is 8.70. The van der Waals surface area contributed by atoms with Crippen LogP contribution in [0.2, 0.25) is 0 Å². The molecule has 1 aliphatic heterocycles. The number of benzene rings is 2. The summed E-state index contributed by atoms with van der Waals surface area (Å²) in [4.78, 5) is 22.2. The van der Waals surface area contributed by atoms with E-state index in [1.54, 1.807) is 54.5 Å². The second-order valence-electron chi connectivity index (χ2n) is 7.76. The molecule has 0 fully saturated rings. The quantitative estimate of drug-likeness (QED) is 0.418. The van der Waals surface area contributed by atoms with E-state index in [4.69, 9.17) is 9.84 Å². The first-order chi connectivity index (χ1) is 16.5. The number of fused-ring (bicyclic) bond motifs is 1. The number of amides is 1. The summed E-state index contributed by atoms with van der Waals surface area (Å²) >= 11 is 0. The number of nitrogens with zero attached hydrogens (tertiary/aromatic N) is 4. The van der Waals surface area contributed by atoms with E-state index in [0.29, 0.717) is 40.0 Å². The van der Waals surface area contributed by atoms with Crippen LogP contribution in [0.1, 0.15) is 18.5 Å². The number of hydrogen-bond acceptors (Lipinski definition) is 7. The molecule has 0 radical (unpaired) electrons. The number of nitrogens with one attached hydrogen (secondary N) is 2. The van der Waals surface area contributed by atoms with Gasteiger partial charge in [-0.05, 0) is 37.3 Å². The average Bonchev–Trinajstić information content (AvgIpc) is 3.27. The molecule has 0 aliphatic carbocycles. The molecule has 5 rings (SSSR count). The Hall–Kier alpha value is -4.66. The van der Waals surface area contributed by atoms with Crippen molar-refractivity contribution >= 4 is 17.5 Å². The van der Waals surface area contributed by atoms with Crippen molar-refractivity contribution in [2.45, 2.75) is 13.0 Å². The molecule has 2 aromatic carbocycles. The molecule has 3 N–H and O–H groups in total. The maximum Gasteiger partial charge on any atom is 0.255 e. The van der Waals surface area contributed by atoms with Crippen LogP contribution in [0, 0.1) is 0 Å². The largest absolute Gasteiger partial charge is 0.508 e. The normalized spacial score (nSPS) is 14.8. The van der Waals surface area contributed by atoms with Crippen LogP contribution in [0.15, 0.2) is 84.3 Å². The third-order valence-electron chi connectivity index (χ3n) is 5.55. The van der Waals surface area contributed by atoms with Gasteiger partial charge in [-0.3, -0.25) is 9.78 Å². The van der Waals surface area contributed by atoms with Crippen molar-refractivity contribution in [1.29, 1.82) is 0 Å². The summed E-state index contributed by atoms with van der Waals surface area (Å²) in [5.41, 5.74) is 3.10. The van der Waals surface area contributed by atoms with Crippen LogP contribution in [0.3, 0.4) is 0 Å². The fourth-order valence-corrected chi connectivity index (χ4v) is 4.03. The highest BCUT2D eigenvalue weighted by Gasteiger charge is 2.36. The van der Waals surface area contributed by atoms with E-state index in [1.807, 2.05) is 37.3 Å². The predicted molar refractivity (Wildman–Crippen MR) is 127 cm³/mol. The number of aromatic nitrogens is 4. The van der Waals surface area contributed by atoms with Crippen molar-refractivity contribution in [1.82, 2.24) is 19.7 Å². The summed E-state index contributed by atoms with van der Waals surface area (Å²) < 4.78 is 7.29. The number of carbonyl (C=O) groups excluding carboxylic acids is 1. The molecule has 34 heavy (non-hydrogen) atoms. The average molecular weight is 454 g/mol. The molecule has 0 spiro atoms.